The molecule has 1 saturated carbocycles. The van der Waals surface area contributed by atoms with Gasteiger partial charge >= 0.3 is 11.9 Å². The molecule has 2 unspecified atom stereocenters. The van der Waals surface area contributed by atoms with Crippen molar-refractivity contribution in [3.8, 4) is 0 Å². The van der Waals surface area contributed by atoms with Gasteiger partial charge in [-0.25, -0.2) is 0 Å². The zero-order valence-electron chi connectivity index (χ0n) is 20.6. The van der Waals surface area contributed by atoms with Crippen molar-refractivity contribution in [2.75, 3.05) is 0 Å². The molecule has 0 bridgehead atoms. The number of hydrogen-bond donors (Lipinski definition) is 2. The predicted molar refractivity (Wildman–Crippen MR) is 128 cm³/mol. The lowest BCUT2D eigenvalue weighted by Crippen LogP contribution is -2.54. The fourth-order valence-corrected chi connectivity index (χ4v) is 5.95. The van der Waals surface area contributed by atoms with Crippen LogP contribution in [0.2, 0.25) is 0 Å². The molecule has 0 aromatic rings. The average molecular weight is 439 g/mol. The Morgan fingerprint density at radius 3 is 1.26 bits per heavy atom. The molecule has 0 saturated heterocycles. The summed E-state index contributed by atoms with van der Waals surface area (Å²) in [6.45, 7) is 4.23. The van der Waals surface area contributed by atoms with E-state index in [0.717, 1.165) is 38.5 Å². The molecule has 0 aromatic heterocycles. The second kappa shape index (κ2) is 15.7. The summed E-state index contributed by atoms with van der Waals surface area (Å²) in [4.78, 5) is 24.6. The van der Waals surface area contributed by atoms with Crippen LogP contribution < -0.4 is 0 Å². The van der Waals surface area contributed by atoms with Gasteiger partial charge in [-0.2, -0.15) is 0 Å². The Balaban J connectivity index is 2.29. The van der Waals surface area contributed by atoms with Crippen LogP contribution in [0.3, 0.4) is 0 Å². The minimum atomic E-state index is -1.08. The van der Waals surface area contributed by atoms with Crippen LogP contribution >= 0.6 is 0 Å². The van der Waals surface area contributed by atoms with E-state index in [1.807, 2.05) is 6.92 Å². The molecule has 4 nitrogen and oxygen atoms in total. The van der Waals surface area contributed by atoms with Crippen molar-refractivity contribution in [1.82, 2.24) is 0 Å². The Labute approximate surface area is 191 Å². The summed E-state index contributed by atoms with van der Waals surface area (Å²) in [7, 11) is 0. The molecular formula is C27H50O4. The van der Waals surface area contributed by atoms with Crippen LogP contribution in [0.4, 0.5) is 0 Å². The van der Waals surface area contributed by atoms with E-state index in [1.54, 1.807) is 0 Å². The fraction of sp³-hybridized carbons (Fsp3) is 0.926. The van der Waals surface area contributed by atoms with Gasteiger partial charge in [0.15, 0.2) is 0 Å². The Morgan fingerprint density at radius 1 is 0.548 bits per heavy atom. The predicted octanol–water partition coefficient (Wildman–Crippen LogP) is 8.37. The lowest BCUT2D eigenvalue weighted by Gasteiger charge is -2.48. The van der Waals surface area contributed by atoms with Crippen LogP contribution in [0.5, 0.6) is 0 Å². The summed E-state index contributed by atoms with van der Waals surface area (Å²) in [6, 6.07) is 0. The molecule has 182 valence electrons. The molecule has 0 aliphatic heterocycles. The van der Waals surface area contributed by atoms with Crippen LogP contribution in [-0.2, 0) is 9.59 Å². The van der Waals surface area contributed by atoms with Crippen molar-refractivity contribution in [1.29, 1.82) is 0 Å². The quantitative estimate of drug-likeness (QED) is 0.199. The molecule has 1 rings (SSSR count). The van der Waals surface area contributed by atoms with E-state index in [0.29, 0.717) is 25.7 Å². The Morgan fingerprint density at radius 2 is 0.903 bits per heavy atom. The van der Waals surface area contributed by atoms with E-state index in [1.165, 1.54) is 70.6 Å². The Kier molecular flexibility index (Phi) is 14.2. The van der Waals surface area contributed by atoms with Gasteiger partial charge in [0, 0.05) is 0 Å². The van der Waals surface area contributed by atoms with Gasteiger partial charge < -0.3 is 10.2 Å². The molecule has 0 spiro atoms. The van der Waals surface area contributed by atoms with E-state index in [-0.39, 0.29) is 0 Å². The van der Waals surface area contributed by atoms with Crippen LogP contribution in [0.1, 0.15) is 149 Å². The van der Waals surface area contributed by atoms with Crippen molar-refractivity contribution in [2.45, 2.75) is 149 Å². The van der Waals surface area contributed by atoms with Crippen molar-refractivity contribution in [3.63, 3.8) is 0 Å². The first-order valence-corrected chi connectivity index (χ1v) is 13.4. The zero-order valence-corrected chi connectivity index (χ0v) is 20.6. The van der Waals surface area contributed by atoms with E-state index < -0.39 is 22.8 Å². The summed E-state index contributed by atoms with van der Waals surface area (Å²) in [5, 5.41) is 20.2. The van der Waals surface area contributed by atoms with Gasteiger partial charge in [0.2, 0.25) is 0 Å². The van der Waals surface area contributed by atoms with Crippen LogP contribution in [0.15, 0.2) is 0 Å². The van der Waals surface area contributed by atoms with Crippen LogP contribution in [-0.4, -0.2) is 22.2 Å². The number of unbranched alkanes of at least 4 members (excludes halogenated alkanes) is 13. The highest BCUT2D eigenvalue weighted by Crippen LogP contribution is 2.56. The summed E-state index contributed by atoms with van der Waals surface area (Å²) < 4.78 is 0. The van der Waals surface area contributed by atoms with E-state index in [2.05, 4.69) is 6.92 Å². The first-order chi connectivity index (χ1) is 15.0. The highest BCUT2D eigenvalue weighted by atomic mass is 16.4. The highest BCUT2D eigenvalue weighted by Gasteiger charge is 2.60. The molecule has 1 fully saturated rings. The van der Waals surface area contributed by atoms with Gasteiger partial charge in [-0.1, -0.05) is 123 Å². The molecule has 31 heavy (non-hydrogen) atoms. The average Bonchev–Trinajstić information content (AvgIpc) is 2.74. The van der Waals surface area contributed by atoms with Gasteiger partial charge in [-0.15, -0.1) is 0 Å². The SMILES string of the molecule is CCCCCCCCCCCCCCCCC1(C(=O)O)CCCCC1(CCC)C(=O)O. The summed E-state index contributed by atoms with van der Waals surface area (Å²) in [5.41, 5.74) is -2.16. The maximum Gasteiger partial charge on any atom is 0.310 e. The van der Waals surface area contributed by atoms with E-state index in [9.17, 15) is 19.8 Å². The zero-order chi connectivity index (χ0) is 23.0. The number of rotatable bonds is 19. The fourth-order valence-electron chi connectivity index (χ4n) is 5.95. The van der Waals surface area contributed by atoms with Gasteiger partial charge in [0.05, 0.1) is 10.8 Å². The van der Waals surface area contributed by atoms with Crippen molar-refractivity contribution >= 4 is 11.9 Å². The molecule has 0 radical (unpaired) electrons. The number of carbonyl (C=O) groups is 2. The van der Waals surface area contributed by atoms with Crippen LogP contribution in [0.25, 0.3) is 0 Å². The van der Waals surface area contributed by atoms with E-state index in [4.69, 9.17) is 0 Å². The molecule has 0 amide bonds. The maximum absolute atomic E-state index is 12.4. The molecular weight excluding hydrogens is 388 g/mol. The third-order valence-electron chi connectivity index (χ3n) is 7.83. The third kappa shape index (κ3) is 8.42. The highest BCUT2D eigenvalue weighted by molar-refractivity contribution is 5.87. The van der Waals surface area contributed by atoms with Crippen LogP contribution in [0, 0.1) is 10.8 Å². The van der Waals surface area contributed by atoms with Crippen molar-refractivity contribution in [2.24, 2.45) is 10.8 Å². The number of carboxylic acid groups (broad SMARTS) is 2. The second-order valence-electron chi connectivity index (χ2n) is 10.1. The molecule has 0 aromatic carbocycles. The van der Waals surface area contributed by atoms with Gasteiger partial charge in [-0.05, 0) is 25.7 Å². The summed E-state index contributed by atoms with van der Waals surface area (Å²) in [5.74, 6) is -1.76. The third-order valence-corrected chi connectivity index (χ3v) is 7.83. The number of aliphatic carboxylic acids is 2. The van der Waals surface area contributed by atoms with Crippen molar-refractivity contribution in [3.05, 3.63) is 0 Å². The smallest absolute Gasteiger partial charge is 0.310 e. The normalized spacial score (nSPS) is 23.7. The minimum absolute atomic E-state index is 0.479. The maximum atomic E-state index is 12.4. The number of hydrogen-bond acceptors (Lipinski definition) is 2. The molecule has 2 N–H and O–H groups in total. The summed E-state index contributed by atoms with van der Waals surface area (Å²) in [6.07, 6.45) is 22.2. The van der Waals surface area contributed by atoms with Gasteiger partial charge in [0.1, 0.15) is 0 Å². The van der Waals surface area contributed by atoms with Crippen molar-refractivity contribution < 1.29 is 19.8 Å². The lowest BCUT2D eigenvalue weighted by atomic mass is 9.52. The Bertz CT molecular complexity index is 499. The standard InChI is InChI=1S/C27H50O4/c1-3-5-6-7-8-9-10-11-12-13-14-15-16-17-21-27(25(30)31)23-19-18-22-26(27,20-4-2)24(28)29/h3-23H2,1-2H3,(H,28,29)(H,30,31). The lowest BCUT2D eigenvalue weighted by molar-refractivity contribution is -0.182. The summed E-state index contributed by atoms with van der Waals surface area (Å²) >= 11 is 0. The molecule has 1 aliphatic rings. The Hall–Kier alpha value is -1.06. The largest absolute Gasteiger partial charge is 0.481 e. The topological polar surface area (TPSA) is 74.6 Å². The first-order valence-electron chi connectivity index (χ1n) is 13.4. The van der Waals surface area contributed by atoms with Gasteiger partial charge in [0.25, 0.3) is 0 Å². The second-order valence-corrected chi connectivity index (χ2v) is 10.1. The molecule has 4 heteroatoms. The minimum Gasteiger partial charge on any atom is -0.481 e. The van der Waals surface area contributed by atoms with Gasteiger partial charge in [-0.3, -0.25) is 9.59 Å². The molecule has 1 aliphatic carbocycles. The molecule has 0 heterocycles. The van der Waals surface area contributed by atoms with E-state index >= 15 is 0 Å². The molecule has 2 atom stereocenters. The first kappa shape index (κ1) is 28.0. The number of carboxylic acids is 2. The monoisotopic (exact) mass is 438 g/mol.